The third-order valence-electron chi connectivity index (χ3n) is 4.05. The highest BCUT2D eigenvalue weighted by atomic mass is 16.5. The maximum absolute atomic E-state index is 10.2. The molecule has 106 valence electrons. The molecule has 1 aliphatic rings. The molecule has 2 N–H and O–H groups in total. The minimum absolute atomic E-state index is 0.0636. The highest BCUT2D eigenvalue weighted by Gasteiger charge is 2.18. The Balaban J connectivity index is 2.30. The lowest BCUT2D eigenvalue weighted by Gasteiger charge is -2.24. The van der Waals surface area contributed by atoms with Gasteiger partial charge in [-0.2, -0.15) is 0 Å². The fourth-order valence-corrected chi connectivity index (χ4v) is 3.04. The Morgan fingerprint density at radius 3 is 2.47 bits per heavy atom. The van der Waals surface area contributed by atoms with Crippen LogP contribution in [-0.4, -0.2) is 23.9 Å². The highest BCUT2D eigenvalue weighted by molar-refractivity contribution is 5.45. The number of aliphatic hydroxyl groups excluding tert-OH is 1. The van der Waals surface area contributed by atoms with E-state index in [1.54, 1.807) is 7.11 Å². The van der Waals surface area contributed by atoms with Crippen LogP contribution in [0.4, 0.5) is 0 Å². The molecule has 3 nitrogen and oxygen atoms in total. The standard InChI is InChI=1S/C16H24O3/c1-19-11-15-10-14(12-5-3-2-4-6-12)9-13(7-8-17)16(15)18/h9-10,12,17-18H,2-8,11H2,1H3. The molecule has 1 saturated carbocycles. The van der Waals surface area contributed by atoms with Gasteiger partial charge in [0.25, 0.3) is 0 Å². The summed E-state index contributed by atoms with van der Waals surface area (Å²) in [4.78, 5) is 0. The first-order valence-electron chi connectivity index (χ1n) is 7.20. The van der Waals surface area contributed by atoms with E-state index in [0.717, 1.165) is 11.1 Å². The van der Waals surface area contributed by atoms with Gasteiger partial charge < -0.3 is 14.9 Å². The Labute approximate surface area is 115 Å². The molecule has 0 bridgehead atoms. The zero-order valence-electron chi connectivity index (χ0n) is 11.7. The molecule has 0 aromatic heterocycles. The number of methoxy groups -OCH3 is 1. The summed E-state index contributed by atoms with van der Waals surface area (Å²) in [5, 5.41) is 19.3. The summed E-state index contributed by atoms with van der Waals surface area (Å²) in [6.07, 6.45) is 6.89. The summed E-state index contributed by atoms with van der Waals surface area (Å²) in [5.74, 6) is 0.887. The van der Waals surface area contributed by atoms with Gasteiger partial charge in [-0.15, -0.1) is 0 Å². The van der Waals surface area contributed by atoms with Crippen molar-refractivity contribution in [3.63, 3.8) is 0 Å². The fourth-order valence-electron chi connectivity index (χ4n) is 3.04. The van der Waals surface area contributed by atoms with Crippen LogP contribution in [0.2, 0.25) is 0 Å². The Morgan fingerprint density at radius 2 is 1.84 bits per heavy atom. The second-order valence-corrected chi connectivity index (χ2v) is 5.43. The molecule has 0 unspecified atom stereocenters. The molecule has 19 heavy (non-hydrogen) atoms. The number of aliphatic hydroxyl groups is 1. The fraction of sp³-hybridized carbons (Fsp3) is 0.625. The molecule has 3 heteroatoms. The second-order valence-electron chi connectivity index (χ2n) is 5.43. The lowest BCUT2D eigenvalue weighted by molar-refractivity contribution is 0.181. The van der Waals surface area contributed by atoms with Crippen LogP contribution in [0, 0.1) is 0 Å². The zero-order chi connectivity index (χ0) is 13.7. The van der Waals surface area contributed by atoms with E-state index in [0.29, 0.717) is 18.9 Å². The van der Waals surface area contributed by atoms with E-state index < -0.39 is 0 Å². The predicted octanol–water partition coefficient (Wildman–Crippen LogP) is 3.12. The minimum Gasteiger partial charge on any atom is -0.507 e. The van der Waals surface area contributed by atoms with Crippen molar-refractivity contribution in [1.82, 2.24) is 0 Å². The number of benzene rings is 1. The van der Waals surface area contributed by atoms with E-state index >= 15 is 0 Å². The van der Waals surface area contributed by atoms with Gasteiger partial charge in [-0.05, 0) is 42.4 Å². The Kier molecular flexibility index (Phi) is 5.23. The van der Waals surface area contributed by atoms with Gasteiger partial charge in [-0.3, -0.25) is 0 Å². The van der Waals surface area contributed by atoms with Crippen LogP contribution in [0.3, 0.4) is 0 Å². The zero-order valence-corrected chi connectivity index (χ0v) is 11.7. The summed E-state index contributed by atoms with van der Waals surface area (Å²) in [7, 11) is 1.64. The first-order valence-corrected chi connectivity index (χ1v) is 7.20. The van der Waals surface area contributed by atoms with Gasteiger partial charge in [0.15, 0.2) is 0 Å². The van der Waals surface area contributed by atoms with Gasteiger partial charge in [0.1, 0.15) is 5.75 Å². The smallest absolute Gasteiger partial charge is 0.124 e. The molecule has 1 aromatic rings. The molecule has 0 aliphatic heterocycles. The van der Waals surface area contributed by atoms with E-state index in [1.807, 2.05) is 0 Å². The molecule has 0 spiro atoms. The van der Waals surface area contributed by atoms with E-state index in [9.17, 15) is 5.11 Å². The molecule has 0 atom stereocenters. The Morgan fingerprint density at radius 1 is 1.16 bits per heavy atom. The van der Waals surface area contributed by atoms with Crippen molar-refractivity contribution < 1.29 is 14.9 Å². The van der Waals surface area contributed by atoms with Crippen LogP contribution < -0.4 is 0 Å². The van der Waals surface area contributed by atoms with Gasteiger partial charge in [0, 0.05) is 19.3 Å². The number of ether oxygens (including phenoxy) is 1. The first-order chi connectivity index (χ1) is 9.26. The van der Waals surface area contributed by atoms with Crippen LogP contribution in [0.1, 0.15) is 54.7 Å². The highest BCUT2D eigenvalue weighted by Crippen LogP contribution is 2.36. The van der Waals surface area contributed by atoms with Gasteiger partial charge in [-0.1, -0.05) is 25.3 Å². The maximum atomic E-state index is 10.2. The number of hydrogen-bond donors (Lipinski definition) is 2. The number of phenolic OH excluding ortho intramolecular Hbond substituents is 1. The van der Waals surface area contributed by atoms with Gasteiger partial charge in [0.2, 0.25) is 0 Å². The SMILES string of the molecule is COCc1cc(C2CCCCC2)cc(CCO)c1O. The lowest BCUT2D eigenvalue weighted by atomic mass is 9.82. The van der Waals surface area contributed by atoms with Crippen molar-refractivity contribution in [3.8, 4) is 5.75 Å². The molecule has 1 fully saturated rings. The molecule has 0 saturated heterocycles. The normalized spacial score (nSPS) is 16.7. The van der Waals surface area contributed by atoms with Crippen LogP contribution in [-0.2, 0) is 17.8 Å². The summed E-state index contributed by atoms with van der Waals surface area (Å²) < 4.78 is 5.16. The van der Waals surface area contributed by atoms with E-state index in [4.69, 9.17) is 9.84 Å². The van der Waals surface area contributed by atoms with E-state index in [1.165, 1.54) is 37.7 Å². The van der Waals surface area contributed by atoms with Crippen molar-refractivity contribution in [2.75, 3.05) is 13.7 Å². The van der Waals surface area contributed by atoms with Crippen molar-refractivity contribution in [2.45, 2.75) is 51.0 Å². The van der Waals surface area contributed by atoms with E-state index in [2.05, 4.69) is 12.1 Å². The van der Waals surface area contributed by atoms with Crippen LogP contribution in [0.25, 0.3) is 0 Å². The third-order valence-corrected chi connectivity index (χ3v) is 4.05. The summed E-state index contributed by atoms with van der Waals surface area (Å²) in [6, 6.07) is 4.15. The number of hydrogen-bond acceptors (Lipinski definition) is 3. The lowest BCUT2D eigenvalue weighted by Crippen LogP contribution is -2.07. The van der Waals surface area contributed by atoms with Crippen LogP contribution >= 0.6 is 0 Å². The average Bonchev–Trinajstić information content (AvgIpc) is 2.44. The average molecular weight is 264 g/mol. The molecule has 1 aromatic carbocycles. The maximum Gasteiger partial charge on any atom is 0.124 e. The van der Waals surface area contributed by atoms with Crippen molar-refractivity contribution in [1.29, 1.82) is 0 Å². The molecule has 0 radical (unpaired) electrons. The number of aromatic hydroxyl groups is 1. The predicted molar refractivity (Wildman–Crippen MR) is 75.4 cm³/mol. The van der Waals surface area contributed by atoms with Crippen LogP contribution in [0.15, 0.2) is 12.1 Å². The summed E-state index contributed by atoms with van der Waals surface area (Å²) in [6.45, 7) is 0.485. The molecule has 0 amide bonds. The van der Waals surface area contributed by atoms with Gasteiger partial charge >= 0.3 is 0 Å². The minimum atomic E-state index is 0.0636. The summed E-state index contributed by atoms with van der Waals surface area (Å²) in [5.41, 5.74) is 2.99. The molecule has 1 aliphatic carbocycles. The Hall–Kier alpha value is -1.06. The summed E-state index contributed by atoms with van der Waals surface area (Å²) >= 11 is 0. The monoisotopic (exact) mass is 264 g/mol. The number of rotatable bonds is 5. The largest absolute Gasteiger partial charge is 0.507 e. The second kappa shape index (κ2) is 6.92. The quantitative estimate of drug-likeness (QED) is 0.859. The van der Waals surface area contributed by atoms with Crippen LogP contribution in [0.5, 0.6) is 5.75 Å². The number of phenols is 1. The molecule has 0 heterocycles. The van der Waals surface area contributed by atoms with Crippen molar-refractivity contribution in [3.05, 3.63) is 28.8 Å². The molecule has 2 rings (SSSR count). The third kappa shape index (κ3) is 3.48. The van der Waals surface area contributed by atoms with Crippen molar-refractivity contribution >= 4 is 0 Å². The first kappa shape index (κ1) is 14.4. The van der Waals surface area contributed by atoms with Gasteiger partial charge in [-0.25, -0.2) is 0 Å². The van der Waals surface area contributed by atoms with Gasteiger partial charge in [0.05, 0.1) is 6.61 Å². The topological polar surface area (TPSA) is 49.7 Å². The molecular formula is C16H24O3. The Bertz CT molecular complexity index is 381. The van der Waals surface area contributed by atoms with Crippen molar-refractivity contribution in [2.24, 2.45) is 0 Å². The van der Waals surface area contributed by atoms with E-state index in [-0.39, 0.29) is 12.4 Å². The molecular weight excluding hydrogens is 240 g/mol.